The van der Waals surface area contributed by atoms with Crippen LogP contribution in [-0.2, 0) is 11.2 Å². The third-order valence-corrected chi connectivity index (χ3v) is 4.32. The van der Waals surface area contributed by atoms with Gasteiger partial charge in [0.1, 0.15) is 5.75 Å². The maximum atomic E-state index is 12.9. The summed E-state index contributed by atoms with van der Waals surface area (Å²) in [7, 11) is 0. The van der Waals surface area contributed by atoms with Gasteiger partial charge in [-0.15, -0.1) is 0 Å². The highest BCUT2D eigenvalue weighted by molar-refractivity contribution is 6.00. The Hall–Kier alpha value is -2.49. The van der Waals surface area contributed by atoms with Gasteiger partial charge < -0.3 is 15.4 Å². The maximum absolute atomic E-state index is 12.9. The Morgan fingerprint density at radius 1 is 1.21 bits per heavy atom. The Balaban J connectivity index is 1.89. The zero-order valence-corrected chi connectivity index (χ0v) is 14.3. The summed E-state index contributed by atoms with van der Waals surface area (Å²) >= 11 is 0. The molecule has 0 aliphatic carbocycles. The van der Waals surface area contributed by atoms with Gasteiger partial charge in [0.25, 0.3) is 5.91 Å². The second kappa shape index (κ2) is 6.95. The standard InChI is InChI=1S/C20H24N2O2/c1-3-4-10-22-17-9-8-16(21)13-18(17)24-19(20(22)23)12-15-7-5-6-14(2)11-15/h5-9,11,13,19H,3-4,10,12,21H2,1-2H3. The van der Waals surface area contributed by atoms with Gasteiger partial charge in [-0.05, 0) is 31.0 Å². The van der Waals surface area contributed by atoms with Crippen molar-refractivity contribution in [3.05, 3.63) is 53.6 Å². The van der Waals surface area contributed by atoms with Gasteiger partial charge in [-0.3, -0.25) is 4.79 Å². The second-order valence-electron chi connectivity index (χ2n) is 6.37. The summed E-state index contributed by atoms with van der Waals surface area (Å²) < 4.78 is 6.01. The molecule has 0 spiro atoms. The number of nitrogen functional groups attached to an aromatic ring is 1. The molecule has 2 aromatic carbocycles. The van der Waals surface area contributed by atoms with Crippen LogP contribution >= 0.6 is 0 Å². The highest BCUT2D eigenvalue weighted by Crippen LogP contribution is 2.36. The fourth-order valence-electron chi connectivity index (χ4n) is 3.07. The molecule has 0 saturated heterocycles. The number of rotatable bonds is 5. The smallest absolute Gasteiger partial charge is 0.268 e. The molecule has 1 aliphatic heterocycles. The van der Waals surface area contributed by atoms with E-state index >= 15 is 0 Å². The molecule has 0 aromatic heterocycles. The molecule has 1 amide bonds. The van der Waals surface area contributed by atoms with E-state index in [-0.39, 0.29) is 5.91 Å². The Morgan fingerprint density at radius 2 is 2.04 bits per heavy atom. The number of ether oxygens (including phenoxy) is 1. The van der Waals surface area contributed by atoms with Crippen molar-refractivity contribution < 1.29 is 9.53 Å². The van der Waals surface area contributed by atoms with Crippen LogP contribution in [-0.4, -0.2) is 18.6 Å². The molecule has 2 N–H and O–H groups in total. The van der Waals surface area contributed by atoms with Crippen LogP contribution < -0.4 is 15.4 Å². The number of carbonyl (C=O) groups excluding carboxylic acids is 1. The van der Waals surface area contributed by atoms with Gasteiger partial charge in [-0.1, -0.05) is 43.2 Å². The Morgan fingerprint density at radius 3 is 2.79 bits per heavy atom. The molecular weight excluding hydrogens is 300 g/mol. The molecule has 1 unspecified atom stereocenters. The van der Waals surface area contributed by atoms with Gasteiger partial charge in [0.05, 0.1) is 5.69 Å². The zero-order chi connectivity index (χ0) is 17.1. The summed E-state index contributed by atoms with van der Waals surface area (Å²) in [4.78, 5) is 14.8. The Kier molecular flexibility index (Phi) is 4.74. The fraction of sp³-hybridized carbons (Fsp3) is 0.350. The molecule has 126 valence electrons. The maximum Gasteiger partial charge on any atom is 0.268 e. The van der Waals surface area contributed by atoms with Crippen LogP contribution in [0.25, 0.3) is 0 Å². The number of fused-ring (bicyclic) bond motifs is 1. The monoisotopic (exact) mass is 324 g/mol. The van der Waals surface area contributed by atoms with E-state index in [1.807, 2.05) is 35.2 Å². The molecule has 1 atom stereocenters. The first-order valence-electron chi connectivity index (χ1n) is 8.51. The number of nitrogens with two attached hydrogens (primary N) is 1. The average molecular weight is 324 g/mol. The van der Waals surface area contributed by atoms with E-state index in [0.717, 1.165) is 24.1 Å². The van der Waals surface area contributed by atoms with Crippen molar-refractivity contribution in [1.29, 1.82) is 0 Å². The predicted octanol–water partition coefficient (Wildman–Crippen LogP) is 3.71. The molecule has 1 heterocycles. The van der Waals surface area contributed by atoms with E-state index in [0.29, 0.717) is 24.4 Å². The lowest BCUT2D eigenvalue weighted by atomic mass is 10.0. The molecular formula is C20H24N2O2. The lowest BCUT2D eigenvalue weighted by Crippen LogP contribution is -2.47. The lowest BCUT2D eigenvalue weighted by molar-refractivity contribution is -0.126. The molecule has 0 saturated carbocycles. The summed E-state index contributed by atoms with van der Waals surface area (Å²) in [5, 5.41) is 0. The van der Waals surface area contributed by atoms with Crippen LogP contribution in [0.15, 0.2) is 42.5 Å². The normalized spacial score (nSPS) is 16.7. The van der Waals surface area contributed by atoms with Crippen molar-refractivity contribution in [3.8, 4) is 5.75 Å². The topological polar surface area (TPSA) is 55.6 Å². The van der Waals surface area contributed by atoms with E-state index < -0.39 is 6.10 Å². The highest BCUT2D eigenvalue weighted by atomic mass is 16.5. The van der Waals surface area contributed by atoms with Crippen molar-refractivity contribution in [2.45, 2.75) is 39.2 Å². The van der Waals surface area contributed by atoms with Gasteiger partial charge in [0.15, 0.2) is 6.10 Å². The number of hydrogen-bond acceptors (Lipinski definition) is 3. The van der Waals surface area contributed by atoms with E-state index in [1.165, 1.54) is 5.56 Å². The number of unbranched alkanes of at least 4 members (excludes halogenated alkanes) is 1. The first-order chi connectivity index (χ1) is 11.6. The summed E-state index contributed by atoms with van der Waals surface area (Å²) in [6, 6.07) is 13.7. The van der Waals surface area contributed by atoms with Gasteiger partial charge in [0, 0.05) is 24.7 Å². The number of hydrogen-bond donors (Lipinski definition) is 1. The molecule has 0 bridgehead atoms. The van der Waals surface area contributed by atoms with E-state index in [1.54, 1.807) is 0 Å². The van der Waals surface area contributed by atoms with Crippen LogP contribution in [0.5, 0.6) is 5.75 Å². The minimum absolute atomic E-state index is 0.0298. The summed E-state index contributed by atoms with van der Waals surface area (Å²) in [6.45, 7) is 4.88. The van der Waals surface area contributed by atoms with E-state index in [2.05, 4.69) is 26.0 Å². The molecule has 3 rings (SSSR count). The van der Waals surface area contributed by atoms with Crippen LogP contribution in [0, 0.1) is 6.92 Å². The van der Waals surface area contributed by atoms with Crippen LogP contribution in [0.4, 0.5) is 11.4 Å². The van der Waals surface area contributed by atoms with E-state index in [4.69, 9.17) is 10.5 Å². The fourth-order valence-corrected chi connectivity index (χ4v) is 3.07. The van der Waals surface area contributed by atoms with Gasteiger partial charge in [0.2, 0.25) is 0 Å². The van der Waals surface area contributed by atoms with Crippen molar-refractivity contribution in [1.82, 2.24) is 0 Å². The molecule has 1 aliphatic rings. The first kappa shape index (κ1) is 16.4. The SMILES string of the molecule is CCCCN1C(=O)C(Cc2cccc(C)c2)Oc2cc(N)ccc21. The summed E-state index contributed by atoms with van der Waals surface area (Å²) in [6.07, 6.45) is 2.07. The minimum atomic E-state index is -0.502. The summed E-state index contributed by atoms with van der Waals surface area (Å²) in [5.74, 6) is 0.727. The number of carbonyl (C=O) groups is 1. The molecule has 4 heteroatoms. The highest BCUT2D eigenvalue weighted by Gasteiger charge is 2.34. The lowest BCUT2D eigenvalue weighted by Gasteiger charge is -2.34. The van der Waals surface area contributed by atoms with Crippen LogP contribution in [0.1, 0.15) is 30.9 Å². The Labute approximate surface area is 143 Å². The van der Waals surface area contributed by atoms with Gasteiger partial charge in [-0.2, -0.15) is 0 Å². The number of benzene rings is 2. The first-order valence-corrected chi connectivity index (χ1v) is 8.51. The Bertz CT molecular complexity index is 742. The van der Waals surface area contributed by atoms with Crippen LogP contribution in [0.2, 0.25) is 0 Å². The summed E-state index contributed by atoms with van der Waals surface area (Å²) in [5.41, 5.74) is 9.66. The van der Waals surface area contributed by atoms with Gasteiger partial charge >= 0.3 is 0 Å². The average Bonchev–Trinajstić information content (AvgIpc) is 2.55. The third kappa shape index (κ3) is 3.37. The van der Waals surface area contributed by atoms with Crippen molar-refractivity contribution >= 4 is 17.3 Å². The van der Waals surface area contributed by atoms with Crippen molar-refractivity contribution in [2.24, 2.45) is 0 Å². The van der Waals surface area contributed by atoms with Crippen LogP contribution in [0.3, 0.4) is 0 Å². The second-order valence-corrected chi connectivity index (χ2v) is 6.37. The van der Waals surface area contributed by atoms with Crippen molar-refractivity contribution in [2.75, 3.05) is 17.2 Å². The molecule has 4 nitrogen and oxygen atoms in total. The van der Waals surface area contributed by atoms with Crippen molar-refractivity contribution in [3.63, 3.8) is 0 Å². The van der Waals surface area contributed by atoms with Gasteiger partial charge in [-0.25, -0.2) is 0 Å². The third-order valence-electron chi connectivity index (χ3n) is 4.32. The number of nitrogens with zero attached hydrogens (tertiary/aromatic N) is 1. The number of aryl methyl sites for hydroxylation is 1. The molecule has 2 aromatic rings. The molecule has 24 heavy (non-hydrogen) atoms. The quantitative estimate of drug-likeness (QED) is 0.853. The number of anilines is 2. The number of amides is 1. The zero-order valence-electron chi connectivity index (χ0n) is 14.3. The largest absolute Gasteiger partial charge is 0.478 e. The molecule has 0 fully saturated rings. The van der Waals surface area contributed by atoms with E-state index in [9.17, 15) is 4.79 Å². The molecule has 0 radical (unpaired) electrons. The minimum Gasteiger partial charge on any atom is -0.478 e. The predicted molar refractivity (Wildman–Crippen MR) is 97.4 cm³/mol.